The van der Waals surface area contributed by atoms with Crippen molar-refractivity contribution < 1.29 is 17.9 Å². The van der Waals surface area contributed by atoms with Gasteiger partial charge in [0.15, 0.2) is 9.84 Å². The number of sulfone groups is 1. The number of rotatable bonds is 5. The van der Waals surface area contributed by atoms with E-state index in [4.69, 9.17) is 4.74 Å². The number of alkyl carbamates (subject to hydrolysis) is 1. The van der Waals surface area contributed by atoms with Gasteiger partial charge in [0.2, 0.25) is 0 Å². The first kappa shape index (κ1) is 20.4. The second-order valence-electron chi connectivity index (χ2n) is 7.81. The summed E-state index contributed by atoms with van der Waals surface area (Å²) in [7, 11) is -4.31. The van der Waals surface area contributed by atoms with Crippen molar-refractivity contribution in [3.05, 3.63) is 34.3 Å². The van der Waals surface area contributed by atoms with Gasteiger partial charge in [-0.1, -0.05) is 47.7 Å². The van der Waals surface area contributed by atoms with E-state index in [0.717, 1.165) is 16.1 Å². The van der Waals surface area contributed by atoms with E-state index in [0.29, 0.717) is 19.4 Å². The molecule has 0 unspecified atom stereocenters. The molecule has 140 valence electrons. The van der Waals surface area contributed by atoms with Crippen LogP contribution < -0.4 is 5.32 Å². The van der Waals surface area contributed by atoms with Gasteiger partial charge in [-0.05, 0) is 36.6 Å². The lowest BCUT2D eigenvalue weighted by atomic mass is 9.84. The highest BCUT2D eigenvalue weighted by Crippen LogP contribution is 2.34. The van der Waals surface area contributed by atoms with Crippen molar-refractivity contribution in [2.24, 2.45) is 0 Å². The molecule has 1 amide bonds. The predicted octanol–water partition coefficient (Wildman–Crippen LogP) is 3.92. The van der Waals surface area contributed by atoms with Crippen LogP contribution in [0.3, 0.4) is 0 Å². The highest BCUT2D eigenvalue weighted by molar-refractivity contribution is 9.10. The Bertz CT molecular complexity index is 699. The molecule has 1 fully saturated rings. The van der Waals surface area contributed by atoms with E-state index in [2.05, 4.69) is 40.9 Å². The second-order valence-corrected chi connectivity index (χ2v) is 16.7. The Morgan fingerprint density at radius 1 is 1.20 bits per heavy atom. The monoisotopic (exact) mass is 447 g/mol. The number of carbonyl (C=O) groups excluding carboxylic acids is 1. The van der Waals surface area contributed by atoms with Gasteiger partial charge < -0.3 is 10.1 Å². The van der Waals surface area contributed by atoms with Crippen LogP contribution in [0.4, 0.5) is 4.79 Å². The summed E-state index contributed by atoms with van der Waals surface area (Å²) < 4.78 is 30.0. The van der Waals surface area contributed by atoms with E-state index >= 15 is 0 Å². The summed E-state index contributed by atoms with van der Waals surface area (Å²) in [5.41, 5.74) is 0.218. The average Bonchev–Trinajstić information content (AvgIpc) is 2.49. The van der Waals surface area contributed by atoms with Gasteiger partial charge in [0.1, 0.15) is 0 Å². The van der Waals surface area contributed by atoms with Crippen LogP contribution in [0, 0.1) is 0 Å². The van der Waals surface area contributed by atoms with Gasteiger partial charge in [-0.15, -0.1) is 0 Å². The van der Waals surface area contributed by atoms with Crippen molar-refractivity contribution >= 4 is 39.9 Å². The maximum Gasteiger partial charge on any atom is 0.407 e. The third-order valence-electron chi connectivity index (χ3n) is 4.50. The minimum Gasteiger partial charge on any atom is -0.450 e. The van der Waals surface area contributed by atoms with Gasteiger partial charge in [0.05, 0.1) is 23.7 Å². The summed E-state index contributed by atoms with van der Waals surface area (Å²) in [5, 5.41) is 2.97. The normalized spacial score (nSPS) is 19.2. The molecule has 1 N–H and O–H groups in total. The van der Waals surface area contributed by atoms with Crippen LogP contribution in [0.25, 0.3) is 0 Å². The Kier molecular flexibility index (Phi) is 6.38. The van der Waals surface area contributed by atoms with E-state index in [1.807, 2.05) is 24.3 Å². The second kappa shape index (κ2) is 7.80. The van der Waals surface area contributed by atoms with Gasteiger partial charge in [-0.3, -0.25) is 0 Å². The van der Waals surface area contributed by atoms with Gasteiger partial charge in [-0.25, -0.2) is 13.2 Å². The summed E-state index contributed by atoms with van der Waals surface area (Å²) in [4.78, 5) is 12.3. The minimum absolute atomic E-state index is 0.0677. The van der Waals surface area contributed by atoms with Crippen molar-refractivity contribution in [1.82, 2.24) is 5.32 Å². The minimum atomic E-state index is -3.04. The van der Waals surface area contributed by atoms with Crippen molar-refractivity contribution in [3.8, 4) is 0 Å². The average molecular weight is 448 g/mol. The van der Waals surface area contributed by atoms with Crippen LogP contribution in [-0.2, 0) is 20.1 Å². The lowest BCUT2D eigenvalue weighted by molar-refractivity contribution is 0.134. The standard InChI is InChI=1S/C17H26BrNO4SSi/c1-25(2,3)13-10-23-16(20)19-17(8-11-24(21,22)12-9-17)14-4-6-15(18)7-5-14/h4-7H,8-13H2,1-3H3,(H,19,20). The molecular weight excluding hydrogens is 422 g/mol. The zero-order valence-corrected chi connectivity index (χ0v) is 18.4. The maximum atomic E-state index is 12.3. The Hall–Kier alpha value is -0.863. The Labute approximate surface area is 159 Å². The maximum absolute atomic E-state index is 12.3. The number of halogens is 1. The van der Waals surface area contributed by atoms with Gasteiger partial charge in [0.25, 0.3) is 0 Å². The number of amides is 1. The lowest BCUT2D eigenvalue weighted by Gasteiger charge is -2.38. The highest BCUT2D eigenvalue weighted by atomic mass is 79.9. The molecule has 0 saturated carbocycles. The smallest absolute Gasteiger partial charge is 0.407 e. The number of ether oxygens (including phenoxy) is 1. The molecule has 0 spiro atoms. The number of nitrogens with one attached hydrogen (secondary N) is 1. The van der Waals surface area contributed by atoms with Crippen LogP contribution in [0.2, 0.25) is 25.7 Å². The molecule has 0 aliphatic carbocycles. The van der Waals surface area contributed by atoms with E-state index in [-0.39, 0.29) is 11.5 Å². The molecule has 1 saturated heterocycles. The summed E-state index contributed by atoms with van der Waals surface area (Å²) in [5.74, 6) is 0.135. The zero-order chi connectivity index (χ0) is 18.7. The van der Waals surface area contributed by atoms with Crippen LogP contribution >= 0.6 is 15.9 Å². The molecule has 8 heteroatoms. The fraction of sp³-hybridized carbons (Fsp3) is 0.588. The molecule has 1 heterocycles. The first-order chi connectivity index (χ1) is 11.5. The largest absolute Gasteiger partial charge is 0.450 e. The number of hydrogen-bond acceptors (Lipinski definition) is 4. The van der Waals surface area contributed by atoms with Crippen LogP contribution in [0.15, 0.2) is 28.7 Å². The zero-order valence-electron chi connectivity index (χ0n) is 15.0. The van der Waals surface area contributed by atoms with Crippen molar-refractivity contribution in [3.63, 3.8) is 0 Å². The van der Waals surface area contributed by atoms with Crippen molar-refractivity contribution in [2.45, 2.75) is 44.1 Å². The SMILES string of the molecule is C[Si](C)(C)CCOC(=O)NC1(c2ccc(Br)cc2)CCS(=O)(=O)CC1. The molecule has 5 nitrogen and oxygen atoms in total. The fourth-order valence-electron chi connectivity index (χ4n) is 2.82. The van der Waals surface area contributed by atoms with Gasteiger partial charge in [0, 0.05) is 12.5 Å². The van der Waals surface area contributed by atoms with E-state index in [1.54, 1.807) is 0 Å². The van der Waals surface area contributed by atoms with Gasteiger partial charge in [-0.2, -0.15) is 0 Å². The van der Waals surface area contributed by atoms with Crippen LogP contribution in [0.1, 0.15) is 18.4 Å². The summed E-state index contributed by atoms with van der Waals surface area (Å²) in [6.45, 7) is 7.08. The molecule has 1 aliphatic rings. The third kappa shape index (κ3) is 6.11. The Balaban J connectivity index is 2.13. The Morgan fingerprint density at radius 3 is 2.28 bits per heavy atom. The van der Waals surface area contributed by atoms with E-state index in [1.165, 1.54) is 0 Å². The molecule has 0 aromatic heterocycles. The molecular formula is C17H26BrNO4SSi. The molecule has 1 aromatic carbocycles. The number of carbonyl (C=O) groups is 1. The molecule has 0 bridgehead atoms. The van der Waals surface area contributed by atoms with Crippen LogP contribution in [0.5, 0.6) is 0 Å². The number of benzene rings is 1. The first-order valence-corrected chi connectivity index (χ1v) is 14.8. The molecule has 1 aromatic rings. The summed E-state index contributed by atoms with van der Waals surface area (Å²) >= 11 is 3.40. The van der Waals surface area contributed by atoms with Crippen LogP contribution in [-0.4, -0.2) is 40.7 Å². The predicted molar refractivity (Wildman–Crippen MR) is 106 cm³/mol. The summed E-state index contributed by atoms with van der Waals surface area (Å²) in [6.07, 6.45) is 0.251. The molecule has 25 heavy (non-hydrogen) atoms. The first-order valence-electron chi connectivity index (χ1n) is 8.43. The van der Waals surface area contributed by atoms with E-state index < -0.39 is 29.5 Å². The molecule has 1 aliphatic heterocycles. The van der Waals surface area contributed by atoms with Crippen molar-refractivity contribution in [2.75, 3.05) is 18.1 Å². The lowest BCUT2D eigenvalue weighted by Crippen LogP contribution is -2.51. The molecule has 0 atom stereocenters. The summed E-state index contributed by atoms with van der Waals surface area (Å²) in [6, 6.07) is 8.55. The topological polar surface area (TPSA) is 72.5 Å². The third-order valence-corrected chi connectivity index (χ3v) is 8.39. The van der Waals surface area contributed by atoms with E-state index in [9.17, 15) is 13.2 Å². The molecule has 2 rings (SSSR count). The fourth-order valence-corrected chi connectivity index (χ4v) is 5.32. The highest BCUT2D eigenvalue weighted by Gasteiger charge is 2.40. The Morgan fingerprint density at radius 2 is 1.76 bits per heavy atom. The van der Waals surface area contributed by atoms with Gasteiger partial charge >= 0.3 is 6.09 Å². The quantitative estimate of drug-likeness (QED) is 0.694. The van der Waals surface area contributed by atoms with Crippen molar-refractivity contribution in [1.29, 1.82) is 0 Å². The molecule has 0 radical (unpaired) electrons. The number of hydrogen-bond donors (Lipinski definition) is 1.